The Morgan fingerprint density at radius 3 is 2.78 bits per heavy atom. The molecular weight excluding hydrogens is 248 g/mol. The van der Waals surface area contributed by atoms with E-state index in [1.54, 1.807) is 16.7 Å². The number of phenols is 1. The topological polar surface area (TPSA) is 54.6 Å². The van der Waals surface area contributed by atoms with Crippen LogP contribution in [0, 0.1) is 0 Å². The number of aromatic nitrogens is 1. The van der Waals surface area contributed by atoms with E-state index in [2.05, 4.69) is 4.99 Å². The highest BCUT2D eigenvalue weighted by atomic mass is 32.1. The van der Waals surface area contributed by atoms with Crippen molar-refractivity contribution in [3.05, 3.63) is 49.5 Å². The van der Waals surface area contributed by atoms with Crippen LogP contribution in [0.1, 0.15) is 12.5 Å². The van der Waals surface area contributed by atoms with Crippen molar-refractivity contribution in [1.29, 1.82) is 0 Å². The summed E-state index contributed by atoms with van der Waals surface area (Å²) in [5.74, 6) is 0.229. The Balaban J connectivity index is 2.27. The Bertz CT molecular complexity index is 769. The minimum absolute atomic E-state index is 0.0434. The summed E-state index contributed by atoms with van der Waals surface area (Å²) < 4.78 is 2.46. The van der Waals surface area contributed by atoms with Crippen LogP contribution in [0.5, 0.6) is 5.75 Å². The van der Waals surface area contributed by atoms with Crippen molar-refractivity contribution in [1.82, 2.24) is 4.57 Å². The molecule has 0 atom stereocenters. The van der Waals surface area contributed by atoms with Gasteiger partial charge in [0.05, 0.1) is 11.1 Å². The summed E-state index contributed by atoms with van der Waals surface area (Å²) in [6, 6.07) is 6.89. The lowest BCUT2D eigenvalue weighted by atomic mass is 10.1. The fraction of sp³-hybridized carbons (Fsp3) is 0.231. The van der Waals surface area contributed by atoms with Crippen molar-refractivity contribution < 1.29 is 5.11 Å². The van der Waals surface area contributed by atoms with Crippen molar-refractivity contribution >= 4 is 16.9 Å². The molecule has 0 spiro atoms. The van der Waals surface area contributed by atoms with E-state index < -0.39 is 0 Å². The average Bonchev–Trinajstić information content (AvgIpc) is 2.93. The third-order valence-electron chi connectivity index (χ3n) is 3.08. The molecule has 0 radical (unpaired) electrons. The molecular formula is C13H12N2O2S. The Morgan fingerprint density at radius 1 is 1.39 bits per heavy atom. The molecule has 1 aliphatic heterocycles. The Hall–Kier alpha value is -1.88. The zero-order valence-corrected chi connectivity index (χ0v) is 10.7. The standard InChI is InChI=1S/C13H12N2O2S/c1-8(9-2-4-10(16)5-3-9)11-12(17)15-7-6-14-13(15)18-11/h2-5,16H,6-7H2,1H3/b11-8-. The monoisotopic (exact) mass is 260 g/mol. The highest BCUT2D eigenvalue weighted by Gasteiger charge is 2.11. The Kier molecular flexibility index (Phi) is 2.56. The first-order valence-corrected chi connectivity index (χ1v) is 6.53. The highest BCUT2D eigenvalue weighted by Crippen LogP contribution is 2.15. The lowest BCUT2D eigenvalue weighted by molar-refractivity contribution is 0.475. The van der Waals surface area contributed by atoms with Gasteiger partial charge in [-0.2, -0.15) is 0 Å². The van der Waals surface area contributed by atoms with E-state index in [4.69, 9.17) is 0 Å². The normalized spacial score (nSPS) is 15.2. The van der Waals surface area contributed by atoms with E-state index in [-0.39, 0.29) is 11.3 Å². The van der Waals surface area contributed by atoms with Gasteiger partial charge in [-0.3, -0.25) is 14.4 Å². The van der Waals surface area contributed by atoms with E-state index in [9.17, 15) is 9.90 Å². The summed E-state index contributed by atoms with van der Waals surface area (Å²) in [4.78, 5) is 17.3. The van der Waals surface area contributed by atoms with Crippen LogP contribution >= 0.6 is 11.3 Å². The van der Waals surface area contributed by atoms with E-state index in [0.717, 1.165) is 20.5 Å². The molecule has 1 aromatic heterocycles. The summed E-state index contributed by atoms with van der Waals surface area (Å²) >= 11 is 1.44. The number of nitrogens with zero attached hydrogens (tertiary/aromatic N) is 2. The number of hydrogen-bond acceptors (Lipinski definition) is 4. The highest BCUT2D eigenvalue weighted by molar-refractivity contribution is 7.07. The predicted molar refractivity (Wildman–Crippen MR) is 70.5 cm³/mol. The first-order chi connectivity index (χ1) is 8.66. The number of phenolic OH excluding ortho intramolecular Hbond substituents is 1. The second-order valence-electron chi connectivity index (χ2n) is 4.22. The number of fused-ring (bicyclic) bond motifs is 1. The number of hydrogen-bond donors (Lipinski definition) is 1. The largest absolute Gasteiger partial charge is 0.508 e. The van der Waals surface area contributed by atoms with Gasteiger partial charge in [-0.15, -0.1) is 0 Å². The zero-order valence-electron chi connectivity index (χ0n) is 9.88. The Morgan fingerprint density at radius 2 is 2.11 bits per heavy atom. The van der Waals surface area contributed by atoms with Gasteiger partial charge >= 0.3 is 0 Å². The maximum Gasteiger partial charge on any atom is 0.270 e. The molecule has 5 heteroatoms. The van der Waals surface area contributed by atoms with Crippen LogP contribution in [0.4, 0.5) is 0 Å². The van der Waals surface area contributed by atoms with Crippen LogP contribution in [0.25, 0.3) is 5.57 Å². The first kappa shape index (κ1) is 11.2. The van der Waals surface area contributed by atoms with Crippen molar-refractivity contribution in [2.24, 2.45) is 4.99 Å². The van der Waals surface area contributed by atoms with Crippen molar-refractivity contribution in [3.63, 3.8) is 0 Å². The number of benzene rings is 1. The van der Waals surface area contributed by atoms with Crippen LogP contribution in [0.15, 0.2) is 34.1 Å². The van der Waals surface area contributed by atoms with Crippen LogP contribution in [-0.4, -0.2) is 16.2 Å². The summed E-state index contributed by atoms with van der Waals surface area (Å²) in [6.07, 6.45) is 0. The van der Waals surface area contributed by atoms with Crippen LogP contribution < -0.4 is 14.9 Å². The molecule has 4 nitrogen and oxygen atoms in total. The van der Waals surface area contributed by atoms with Gasteiger partial charge in [0.2, 0.25) is 0 Å². The molecule has 1 N–H and O–H groups in total. The smallest absolute Gasteiger partial charge is 0.270 e. The fourth-order valence-electron chi connectivity index (χ4n) is 2.04. The first-order valence-electron chi connectivity index (χ1n) is 5.71. The third kappa shape index (κ3) is 1.67. The lowest BCUT2D eigenvalue weighted by Gasteiger charge is -1.99. The molecule has 1 aromatic carbocycles. The summed E-state index contributed by atoms with van der Waals surface area (Å²) in [5, 5.41) is 9.27. The SMILES string of the molecule is C/C(c1ccc(O)cc1)=c1/sc2n(c1=O)CCN=2. The molecule has 0 unspecified atom stereocenters. The second kappa shape index (κ2) is 4.10. The van der Waals surface area contributed by atoms with E-state index >= 15 is 0 Å². The van der Waals surface area contributed by atoms with Crippen molar-refractivity contribution in [2.75, 3.05) is 6.54 Å². The van der Waals surface area contributed by atoms with Gasteiger partial charge < -0.3 is 5.11 Å². The quantitative estimate of drug-likeness (QED) is 0.810. The molecule has 0 saturated carbocycles. The number of aromatic hydroxyl groups is 1. The van der Waals surface area contributed by atoms with Gasteiger partial charge in [0, 0.05) is 6.54 Å². The molecule has 18 heavy (non-hydrogen) atoms. The van der Waals surface area contributed by atoms with Gasteiger partial charge in [-0.25, -0.2) is 0 Å². The van der Waals surface area contributed by atoms with Gasteiger partial charge in [-0.1, -0.05) is 23.5 Å². The summed E-state index contributed by atoms with van der Waals surface area (Å²) in [7, 11) is 0. The molecule has 0 aliphatic carbocycles. The molecule has 0 saturated heterocycles. The number of rotatable bonds is 1. The third-order valence-corrected chi connectivity index (χ3v) is 4.29. The van der Waals surface area contributed by atoms with Crippen LogP contribution in [-0.2, 0) is 6.54 Å². The van der Waals surface area contributed by atoms with Crippen LogP contribution in [0.2, 0.25) is 0 Å². The van der Waals surface area contributed by atoms with Gasteiger partial charge in [0.1, 0.15) is 5.75 Å². The second-order valence-corrected chi connectivity index (χ2v) is 5.20. The molecule has 2 aromatic rings. The predicted octanol–water partition coefficient (Wildman–Crippen LogP) is 0.467. The van der Waals surface area contributed by atoms with Gasteiger partial charge in [-0.05, 0) is 30.2 Å². The molecule has 1 aliphatic rings. The van der Waals surface area contributed by atoms with E-state index in [0.29, 0.717) is 13.1 Å². The Labute approximate surface area is 107 Å². The lowest BCUT2D eigenvalue weighted by Crippen LogP contribution is -2.30. The van der Waals surface area contributed by atoms with Crippen molar-refractivity contribution in [2.45, 2.75) is 13.5 Å². The molecule has 3 rings (SSSR count). The summed E-state index contributed by atoms with van der Waals surface area (Å²) in [6.45, 7) is 3.32. The maximum atomic E-state index is 12.2. The zero-order chi connectivity index (χ0) is 12.7. The van der Waals surface area contributed by atoms with Crippen LogP contribution in [0.3, 0.4) is 0 Å². The maximum absolute atomic E-state index is 12.2. The summed E-state index contributed by atoms with van der Waals surface area (Å²) in [5.41, 5.74) is 1.93. The molecule has 2 heterocycles. The minimum Gasteiger partial charge on any atom is -0.508 e. The van der Waals surface area contributed by atoms with Gasteiger partial charge in [0.15, 0.2) is 4.80 Å². The average molecular weight is 260 g/mol. The molecule has 0 bridgehead atoms. The fourth-order valence-corrected chi connectivity index (χ4v) is 3.13. The minimum atomic E-state index is 0.0434. The van der Waals surface area contributed by atoms with E-state index in [1.165, 1.54) is 11.3 Å². The molecule has 92 valence electrons. The molecule has 0 fully saturated rings. The molecule has 0 amide bonds. The number of thiazole rings is 1. The van der Waals surface area contributed by atoms with Gasteiger partial charge in [0.25, 0.3) is 5.56 Å². The van der Waals surface area contributed by atoms with E-state index in [1.807, 2.05) is 19.1 Å². The van der Waals surface area contributed by atoms with Crippen molar-refractivity contribution in [3.8, 4) is 5.75 Å².